The normalized spacial score (nSPS) is 26.4. The summed E-state index contributed by atoms with van der Waals surface area (Å²) >= 11 is 0. The van der Waals surface area contributed by atoms with E-state index in [0.717, 1.165) is 0 Å². The van der Waals surface area contributed by atoms with Crippen molar-refractivity contribution in [2.45, 2.75) is 11.8 Å². The van der Waals surface area contributed by atoms with Gasteiger partial charge in [-0.05, 0) is 11.6 Å². The van der Waals surface area contributed by atoms with Crippen molar-refractivity contribution in [3.63, 3.8) is 0 Å². The van der Waals surface area contributed by atoms with E-state index in [1.165, 1.54) is 24.3 Å². The molecule has 0 fully saturated rings. The van der Waals surface area contributed by atoms with E-state index in [4.69, 9.17) is 10.5 Å². The number of rotatable bonds is 1. The predicted octanol–water partition coefficient (Wildman–Crippen LogP) is 3.40. The average Bonchev–Trinajstić information content (AvgIpc) is 2.44. The molecule has 94 valence electrons. The van der Waals surface area contributed by atoms with Gasteiger partial charge in [0.25, 0.3) is 5.67 Å². The van der Waals surface area contributed by atoms with Crippen LogP contribution in [0.1, 0.15) is 5.56 Å². The van der Waals surface area contributed by atoms with Crippen LogP contribution < -0.4 is 0 Å². The first-order chi connectivity index (χ1) is 9.04. The molecule has 2 rings (SSSR count). The number of nitrogens with zero attached hydrogens (tertiary/aromatic N) is 2. The van der Waals surface area contributed by atoms with Crippen LogP contribution in [0.3, 0.4) is 0 Å². The summed E-state index contributed by atoms with van der Waals surface area (Å²) in [4.78, 5) is 0. The molecule has 2 nitrogen and oxygen atoms in total. The second kappa shape index (κ2) is 4.62. The third-order valence-corrected chi connectivity index (χ3v) is 2.89. The fourth-order valence-corrected chi connectivity index (χ4v) is 1.90. The number of halogens is 3. The van der Waals surface area contributed by atoms with E-state index in [-0.39, 0.29) is 5.56 Å². The molecule has 1 aliphatic rings. The Balaban J connectivity index is 2.68. The molecule has 5 heteroatoms. The minimum Gasteiger partial charge on any atom is -0.236 e. The Bertz CT molecular complexity index is 650. The molecule has 1 aliphatic carbocycles. The van der Waals surface area contributed by atoms with Gasteiger partial charge in [-0.25, -0.2) is 13.2 Å². The molecule has 0 amide bonds. The van der Waals surface area contributed by atoms with Gasteiger partial charge in [0.1, 0.15) is 23.5 Å². The lowest BCUT2D eigenvalue weighted by atomic mass is 9.80. The van der Waals surface area contributed by atoms with Crippen LogP contribution in [-0.2, 0) is 0 Å². The zero-order valence-corrected chi connectivity index (χ0v) is 9.57. The van der Waals surface area contributed by atoms with Gasteiger partial charge in [0.15, 0.2) is 6.17 Å². The molecular formula is C14H7F3N2. The van der Waals surface area contributed by atoms with E-state index in [9.17, 15) is 13.2 Å². The molecule has 2 atom stereocenters. The number of nitriles is 2. The topological polar surface area (TPSA) is 47.6 Å². The summed E-state index contributed by atoms with van der Waals surface area (Å²) in [6.07, 6.45) is -1.93. The lowest BCUT2D eigenvalue weighted by molar-refractivity contribution is 0.181. The fraction of sp³-hybridized carbons (Fsp3) is 0.143. The molecule has 1 aromatic carbocycles. The van der Waals surface area contributed by atoms with Crippen molar-refractivity contribution in [3.8, 4) is 12.1 Å². The summed E-state index contributed by atoms with van der Waals surface area (Å²) in [6.45, 7) is 0. The monoisotopic (exact) mass is 260 g/mol. The highest BCUT2D eigenvalue weighted by Crippen LogP contribution is 2.43. The van der Waals surface area contributed by atoms with Gasteiger partial charge in [-0.15, -0.1) is 0 Å². The number of alkyl halides is 2. The van der Waals surface area contributed by atoms with Gasteiger partial charge >= 0.3 is 0 Å². The van der Waals surface area contributed by atoms with Crippen LogP contribution >= 0.6 is 0 Å². The first-order valence-electron chi connectivity index (χ1n) is 5.36. The van der Waals surface area contributed by atoms with E-state index in [1.54, 1.807) is 18.2 Å². The summed E-state index contributed by atoms with van der Waals surface area (Å²) in [5.74, 6) is -1.16. The Morgan fingerprint density at radius 2 is 1.79 bits per heavy atom. The van der Waals surface area contributed by atoms with Gasteiger partial charge < -0.3 is 0 Å². The van der Waals surface area contributed by atoms with Crippen LogP contribution in [0.2, 0.25) is 0 Å². The standard InChI is InChI=1S/C14H7F3N2/c15-12-6-11(9-4-2-1-3-5-9)14(17,8-19)13(16)10(12)7-18/h1-6,13H. The Kier molecular flexibility index (Phi) is 3.14. The molecule has 1 aromatic rings. The molecule has 0 saturated carbocycles. The van der Waals surface area contributed by atoms with E-state index in [1.807, 2.05) is 0 Å². The number of hydrogen-bond donors (Lipinski definition) is 0. The quantitative estimate of drug-likeness (QED) is 0.776. The van der Waals surface area contributed by atoms with Crippen molar-refractivity contribution in [2.75, 3.05) is 0 Å². The smallest absolute Gasteiger partial charge is 0.236 e. The van der Waals surface area contributed by atoms with Crippen molar-refractivity contribution in [1.82, 2.24) is 0 Å². The van der Waals surface area contributed by atoms with Gasteiger partial charge in [0.05, 0.1) is 0 Å². The van der Waals surface area contributed by atoms with Gasteiger partial charge in [0.2, 0.25) is 0 Å². The third kappa shape index (κ3) is 1.90. The van der Waals surface area contributed by atoms with Crippen LogP contribution in [0.4, 0.5) is 13.2 Å². The lowest BCUT2D eigenvalue weighted by Crippen LogP contribution is -2.38. The number of allylic oxidation sites excluding steroid dienone is 4. The maximum absolute atomic E-state index is 14.5. The summed E-state index contributed by atoms with van der Waals surface area (Å²) in [7, 11) is 0. The SMILES string of the molecule is N#CC1=C(F)C=C(c2ccccc2)C(F)(C#N)C1F. The minimum atomic E-state index is -3.07. The third-order valence-electron chi connectivity index (χ3n) is 2.89. The predicted molar refractivity (Wildman–Crippen MR) is 62.5 cm³/mol. The highest BCUT2D eigenvalue weighted by molar-refractivity contribution is 5.80. The summed E-state index contributed by atoms with van der Waals surface area (Å²) in [6, 6.07) is 10.1. The van der Waals surface area contributed by atoms with E-state index < -0.39 is 28.8 Å². The molecule has 2 unspecified atom stereocenters. The van der Waals surface area contributed by atoms with Gasteiger partial charge in [0, 0.05) is 5.57 Å². The van der Waals surface area contributed by atoms with Crippen molar-refractivity contribution in [2.24, 2.45) is 0 Å². The molecular weight excluding hydrogens is 253 g/mol. The largest absolute Gasteiger partial charge is 0.257 e. The zero-order valence-electron chi connectivity index (χ0n) is 9.57. The lowest BCUT2D eigenvalue weighted by Gasteiger charge is -2.28. The highest BCUT2D eigenvalue weighted by atomic mass is 19.2. The molecule has 0 N–H and O–H groups in total. The summed E-state index contributed by atoms with van der Waals surface area (Å²) < 4.78 is 42.0. The molecule has 0 saturated heterocycles. The molecule has 0 aromatic heterocycles. The van der Waals surface area contributed by atoms with Crippen LogP contribution in [0.25, 0.3) is 5.57 Å². The van der Waals surface area contributed by atoms with Crippen molar-refractivity contribution in [1.29, 1.82) is 10.5 Å². The van der Waals surface area contributed by atoms with Crippen molar-refractivity contribution >= 4 is 5.57 Å². The molecule has 0 spiro atoms. The van der Waals surface area contributed by atoms with Gasteiger partial charge in [-0.1, -0.05) is 30.3 Å². The minimum absolute atomic E-state index is 0.196. The first kappa shape index (κ1) is 12.9. The second-order valence-electron chi connectivity index (χ2n) is 3.98. The van der Waals surface area contributed by atoms with Crippen LogP contribution in [0.15, 0.2) is 47.8 Å². The van der Waals surface area contributed by atoms with Gasteiger partial charge in [-0.2, -0.15) is 10.5 Å². The Morgan fingerprint density at radius 1 is 1.16 bits per heavy atom. The highest BCUT2D eigenvalue weighted by Gasteiger charge is 2.50. The van der Waals surface area contributed by atoms with Crippen LogP contribution in [-0.4, -0.2) is 11.8 Å². The van der Waals surface area contributed by atoms with Crippen LogP contribution in [0, 0.1) is 22.7 Å². The molecule has 0 radical (unpaired) electrons. The zero-order chi connectivity index (χ0) is 14.0. The Hall–Kier alpha value is -2.53. The summed E-state index contributed by atoms with van der Waals surface area (Å²) in [5.41, 5.74) is -4.29. The van der Waals surface area contributed by atoms with E-state index in [0.29, 0.717) is 6.08 Å². The van der Waals surface area contributed by atoms with Gasteiger partial charge in [-0.3, -0.25) is 0 Å². The fourth-order valence-electron chi connectivity index (χ4n) is 1.90. The van der Waals surface area contributed by atoms with Crippen molar-refractivity contribution in [3.05, 3.63) is 53.4 Å². The van der Waals surface area contributed by atoms with Crippen LogP contribution in [0.5, 0.6) is 0 Å². The molecule has 19 heavy (non-hydrogen) atoms. The first-order valence-corrected chi connectivity index (χ1v) is 5.36. The number of benzene rings is 1. The maximum Gasteiger partial charge on any atom is 0.257 e. The molecule has 0 aliphatic heterocycles. The maximum atomic E-state index is 14.5. The van der Waals surface area contributed by atoms with E-state index >= 15 is 0 Å². The van der Waals surface area contributed by atoms with E-state index in [2.05, 4.69) is 0 Å². The second-order valence-corrected chi connectivity index (χ2v) is 3.98. The average molecular weight is 260 g/mol. The van der Waals surface area contributed by atoms with Crippen molar-refractivity contribution < 1.29 is 13.2 Å². The Labute approximate surface area is 107 Å². The Morgan fingerprint density at radius 3 is 2.32 bits per heavy atom. The molecule has 0 bridgehead atoms. The molecule has 0 heterocycles. The number of hydrogen-bond acceptors (Lipinski definition) is 2. The summed E-state index contributed by atoms with van der Waals surface area (Å²) in [5, 5.41) is 17.5.